The Hall–Kier alpha value is -2.96. The second kappa shape index (κ2) is 9.67. The summed E-state index contributed by atoms with van der Waals surface area (Å²) in [5.41, 5.74) is 2.75. The number of pyridine rings is 1. The average Bonchev–Trinajstić information content (AvgIpc) is 2.77. The maximum absolute atomic E-state index is 12.2. The van der Waals surface area contributed by atoms with E-state index < -0.39 is 6.36 Å². The molecule has 2 aromatic carbocycles. The zero-order valence-corrected chi connectivity index (χ0v) is 17.8. The number of halogens is 3. The molecule has 0 amide bonds. The molecule has 32 heavy (non-hydrogen) atoms. The van der Waals surface area contributed by atoms with Gasteiger partial charge in [-0.1, -0.05) is 43.2 Å². The molecule has 1 saturated heterocycles. The van der Waals surface area contributed by atoms with Gasteiger partial charge in [0.2, 0.25) is 0 Å². The molecule has 1 aliphatic heterocycles. The number of nitrogens with zero attached hydrogens (tertiary/aromatic N) is 2. The Morgan fingerprint density at radius 3 is 2.44 bits per heavy atom. The van der Waals surface area contributed by atoms with Crippen molar-refractivity contribution in [3.63, 3.8) is 0 Å². The second-order valence-electron chi connectivity index (χ2n) is 8.36. The van der Waals surface area contributed by atoms with Crippen LogP contribution in [-0.4, -0.2) is 24.4 Å². The van der Waals surface area contributed by atoms with Gasteiger partial charge in [-0.05, 0) is 55.4 Å². The number of para-hydroxylation sites is 1. The van der Waals surface area contributed by atoms with Crippen molar-refractivity contribution in [3.8, 4) is 11.6 Å². The van der Waals surface area contributed by atoms with E-state index in [4.69, 9.17) is 0 Å². The Labute approximate surface area is 185 Å². The summed E-state index contributed by atoms with van der Waals surface area (Å²) >= 11 is 0. The Bertz CT molecular complexity index is 1030. The van der Waals surface area contributed by atoms with Crippen LogP contribution in [0.3, 0.4) is 0 Å². The van der Waals surface area contributed by atoms with E-state index >= 15 is 0 Å². The molecule has 1 radical (unpaired) electrons. The number of ether oxygens (including phenoxy) is 1. The topological polar surface area (TPSA) is 45.3 Å². The number of hydrogen-bond donors (Lipinski definition) is 0. The number of piperidine rings is 1. The van der Waals surface area contributed by atoms with Gasteiger partial charge in [-0.2, -0.15) is 0 Å². The monoisotopic (exact) mass is 443 g/mol. The molecule has 7 heteroatoms. The molecule has 1 fully saturated rings. The van der Waals surface area contributed by atoms with Crippen molar-refractivity contribution in [2.24, 2.45) is 5.92 Å². The number of aryl methyl sites for hydroxylation is 1. The van der Waals surface area contributed by atoms with Crippen LogP contribution < -0.4 is 9.64 Å². The Morgan fingerprint density at radius 1 is 1.00 bits per heavy atom. The van der Waals surface area contributed by atoms with Gasteiger partial charge in [0.15, 0.2) is 0 Å². The zero-order chi connectivity index (χ0) is 22.6. The van der Waals surface area contributed by atoms with E-state index in [9.17, 15) is 18.3 Å². The van der Waals surface area contributed by atoms with E-state index in [1.54, 1.807) is 18.2 Å². The number of aromatic nitrogens is 1. The van der Waals surface area contributed by atoms with Gasteiger partial charge < -0.3 is 9.64 Å². The molecule has 0 spiro atoms. The van der Waals surface area contributed by atoms with E-state index in [2.05, 4.69) is 14.6 Å². The summed E-state index contributed by atoms with van der Waals surface area (Å²) in [5.74, 6) is 0.284. The largest absolute Gasteiger partial charge is 0.573 e. The molecule has 4 rings (SSSR count). The Morgan fingerprint density at radius 2 is 1.72 bits per heavy atom. The van der Waals surface area contributed by atoms with E-state index in [0.29, 0.717) is 5.92 Å². The van der Waals surface area contributed by atoms with Crippen LogP contribution >= 0.6 is 0 Å². The lowest BCUT2D eigenvalue weighted by molar-refractivity contribution is -0.274. The molecule has 1 aliphatic rings. The fourth-order valence-corrected chi connectivity index (χ4v) is 4.48. The highest BCUT2D eigenvalue weighted by atomic mass is 19.4. The van der Waals surface area contributed by atoms with Crippen LogP contribution in [0.2, 0.25) is 0 Å². The molecule has 2 heterocycles. The number of rotatable bonds is 7. The molecule has 4 nitrogen and oxygen atoms in total. The van der Waals surface area contributed by atoms with Crippen molar-refractivity contribution in [1.82, 2.24) is 4.98 Å². The predicted molar refractivity (Wildman–Crippen MR) is 117 cm³/mol. The second-order valence-corrected chi connectivity index (χ2v) is 8.36. The summed E-state index contributed by atoms with van der Waals surface area (Å²) in [7, 11) is 0. The molecule has 0 atom stereocenters. The first-order valence-corrected chi connectivity index (χ1v) is 11.0. The first-order chi connectivity index (χ1) is 15.4. The lowest BCUT2D eigenvalue weighted by Gasteiger charge is -2.34. The van der Waals surface area contributed by atoms with Crippen LogP contribution in [-0.2, 0) is 11.5 Å². The zero-order valence-electron chi connectivity index (χ0n) is 17.8. The fourth-order valence-electron chi connectivity index (χ4n) is 4.48. The van der Waals surface area contributed by atoms with Gasteiger partial charge in [0.25, 0.3) is 5.88 Å². The number of benzene rings is 2. The summed E-state index contributed by atoms with van der Waals surface area (Å²) in [6.07, 6.45) is 1.62. The first-order valence-electron chi connectivity index (χ1n) is 11.0. The SMILES string of the molecule is [O]c1cc(N2CCC(CCCCc3ccc(OC(F)(F)F)cc3)CC2)c2ccccc2n1. The van der Waals surface area contributed by atoms with Gasteiger partial charge in [-0.15, -0.1) is 13.2 Å². The summed E-state index contributed by atoms with van der Waals surface area (Å²) in [4.78, 5) is 6.40. The summed E-state index contributed by atoms with van der Waals surface area (Å²) < 4.78 is 40.6. The summed E-state index contributed by atoms with van der Waals surface area (Å²) in [6.45, 7) is 1.86. The van der Waals surface area contributed by atoms with Gasteiger partial charge in [0.1, 0.15) is 5.75 Å². The number of anilines is 1. The van der Waals surface area contributed by atoms with Crippen LogP contribution in [0, 0.1) is 5.92 Å². The Kier molecular flexibility index (Phi) is 6.72. The minimum absolute atomic E-state index is 0.181. The van der Waals surface area contributed by atoms with Gasteiger partial charge in [0.05, 0.1) is 11.2 Å². The van der Waals surface area contributed by atoms with Crippen LogP contribution in [0.4, 0.5) is 18.9 Å². The highest BCUT2D eigenvalue weighted by Crippen LogP contribution is 2.33. The normalized spacial score (nSPS) is 15.3. The quantitative estimate of drug-likeness (QED) is 0.373. The fraction of sp³-hybridized carbons (Fsp3) is 0.400. The van der Waals surface area contributed by atoms with Crippen LogP contribution in [0.15, 0.2) is 54.6 Å². The number of unbranched alkanes of at least 4 members (excludes halogenated alkanes) is 1. The minimum atomic E-state index is -4.65. The molecule has 0 saturated carbocycles. The smallest absolute Gasteiger partial charge is 0.406 e. The molecule has 0 aliphatic carbocycles. The van der Waals surface area contributed by atoms with Gasteiger partial charge in [-0.25, -0.2) is 4.98 Å². The maximum Gasteiger partial charge on any atom is 0.573 e. The third-order valence-corrected chi connectivity index (χ3v) is 6.11. The van der Waals surface area contributed by atoms with Crippen LogP contribution in [0.5, 0.6) is 11.6 Å². The van der Waals surface area contributed by atoms with Crippen LogP contribution in [0.1, 0.15) is 37.7 Å². The third-order valence-electron chi connectivity index (χ3n) is 6.11. The van der Waals surface area contributed by atoms with Crippen molar-refractivity contribution in [2.45, 2.75) is 44.9 Å². The molecule has 0 bridgehead atoms. The lowest BCUT2D eigenvalue weighted by Crippen LogP contribution is -2.33. The van der Waals surface area contributed by atoms with E-state index in [0.717, 1.165) is 73.8 Å². The molecular formula is C25H26F3N2O2. The standard InChI is InChI=1S/C25H26F3N2O2/c26-25(27,28)32-20-11-9-18(10-12-20)5-1-2-6-19-13-15-30(16-14-19)23-17-24(31)29-22-8-4-3-7-21(22)23/h3-4,7-12,17,19H,1-2,5-6,13-16H2. The van der Waals surface area contributed by atoms with E-state index in [1.807, 2.05) is 24.3 Å². The lowest BCUT2D eigenvalue weighted by atomic mass is 9.90. The highest BCUT2D eigenvalue weighted by molar-refractivity contribution is 5.92. The molecular weight excluding hydrogens is 417 g/mol. The van der Waals surface area contributed by atoms with Crippen molar-refractivity contribution in [3.05, 3.63) is 60.2 Å². The van der Waals surface area contributed by atoms with Crippen molar-refractivity contribution < 1.29 is 23.0 Å². The highest BCUT2D eigenvalue weighted by Gasteiger charge is 2.31. The van der Waals surface area contributed by atoms with Crippen molar-refractivity contribution in [2.75, 3.05) is 18.0 Å². The molecule has 169 valence electrons. The van der Waals surface area contributed by atoms with Gasteiger partial charge in [0, 0.05) is 24.5 Å². The third kappa shape index (κ3) is 5.84. The van der Waals surface area contributed by atoms with Gasteiger partial charge >= 0.3 is 6.36 Å². The minimum Gasteiger partial charge on any atom is -0.406 e. The molecule has 3 aromatic rings. The van der Waals surface area contributed by atoms with Crippen molar-refractivity contribution >= 4 is 16.6 Å². The van der Waals surface area contributed by atoms with Crippen molar-refractivity contribution in [1.29, 1.82) is 0 Å². The number of alkyl halides is 3. The maximum atomic E-state index is 12.2. The summed E-state index contributed by atoms with van der Waals surface area (Å²) in [5, 5.41) is 13.0. The number of hydrogen-bond acceptors (Lipinski definition) is 3. The first kappa shape index (κ1) is 22.2. The average molecular weight is 443 g/mol. The molecule has 0 N–H and O–H groups in total. The van der Waals surface area contributed by atoms with E-state index in [-0.39, 0.29) is 11.6 Å². The predicted octanol–water partition coefficient (Wildman–Crippen LogP) is 6.91. The summed E-state index contributed by atoms with van der Waals surface area (Å²) in [6, 6.07) is 15.6. The number of fused-ring (bicyclic) bond motifs is 1. The Balaban J connectivity index is 1.22. The van der Waals surface area contributed by atoms with E-state index in [1.165, 1.54) is 12.1 Å². The molecule has 1 aromatic heterocycles. The van der Waals surface area contributed by atoms with Crippen LogP contribution in [0.25, 0.3) is 10.9 Å². The molecule has 0 unspecified atom stereocenters. The van der Waals surface area contributed by atoms with Gasteiger partial charge in [-0.3, -0.25) is 5.11 Å².